The second kappa shape index (κ2) is 4.91. The summed E-state index contributed by atoms with van der Waals surface area (Å²) in [6.45, 7) is 4.54. The zero-order valence-corrected chi connectivity index (χ0v) is 8.86. The molecular weight excluding hydrogens is 180 g/mol. The first-order chi connectivity index (χ1) is 6.72. The summed E-state index contributed by atoms with van der Waals surface area (Å²) in [4.78, 5) is 10.7. The van der Waals surface area contributed by atoms with Crippen molar-refractivity contribution < 1.29 is 9.53 Å². The van der Waals surface area contributed by atoms with Crippen molar-refractivity contribution in [1.82, 2.24) is 9.78 Å². The van der Waals surface area contributed by atoms with Gasteiger partial charge in [0.15, 0.2) is 6.29 Å². The molecule has 1 heterocycles. The number of aldehydes is 1. The molecule has 0 saturated heterocycles. The van der Waals surface area contributed by atoms with Gasteiger partial charge in [-0.2, -0.15) is 5.10 Å². The first-order valence-electron chi connectivity index (χ1n) is 4.75. The molecular formula is C10H16N2O2. The molecule has 4 nitrogen and oxygen atoms in total. The van der Waals surface area contributed by atoms with Crippen LogP contribution in [0.3, 0.4) is 0 Å². The number of carbonyl (C=O) groups excluding carboxylic acids is 1. The number of aromatic nitrogens is 2. The quantitative estimate of drug-likeness (QED) is 0.675. The molecule has 0 amide bonds. The summed E-state index contributed by atoms with van der Waals surface area (Å²) in [7, 11) is 1.59. The highest BCUT2D eigenvalue weighted by Crippen LogP contribution is 2.13. The molecule has 4 heteroatoms. The van der Waals surface area contributed by atoms with Crippen LogP contribution < -0.4 is 0 Å². The summed E-state index contributed by atoms with van der Waals surface area (Å²) >= 11 is 0. The number of hydrogen-bond donors (Lipinski definition) is 0. The molecule has 1 unspecified atom stereocenters. The van der Waals surface area contributed by atoms with Crippen molar-refractivity contribution in [3.05, 3.63) is 17.5 Å². The van der Waals surface area contributed by atoms with Gasteiger partial charge in [-0.05, 0) is 13.3 Å². The van der Waals surface area contributed by atoms with Gasteiger partial charge in [0, 0.05) is 19.3 Å². The predicted molar refractivity (Wildman–Crippen MR) is 53.3 cm³/mol. The van der Waals surface area contributed by atoms with E-state index < -0.39 is 0 Å². The Hall–Kier alpha value is -1.16. The Bertz CT molecular complexity index is 307. The molecule has 0 bridgehead atoms. The standard InChI is InChI=1S/C10H16N2O2/c1-4-8(2)12-5-9(6-13)10(11-12)7-14-3/h5-6,8H,4,7H2,1-3H3. The first kappa shape index (κ1) is 10.9. The largest absolute Gasteiger partial charge is 0.378 e. The number of rotatable bonds is 5. The van der Waals surface area contributed by atoms with E-state index in [1.54, 1.807) is 13.3 Å². The topological polar surface area (TPSA) is 44.1 Å². The lowest BCUT2D eigenvalue weighted by Crippen LogP contribution is -2.04. The number of hydrogen-bond acceptors (Lipinski definition) is 3. The van der Waals surface area contributed by atoms with Crippen molar-refractivity contribution in [2.24, 2.45) is 0 Å². The van der Waals surface area contributed by atoms with E-state index in [9.17, 15) is 4.79 Å². The minimum atomic E-state index is 0.319. The van der Waals surface area contributed by atoms with Crippen LogP contribution in [0.4, 0.5) is 0 Å². The third kappa shape index (κ3) is 2.20. The second-order valence-electron chi connectivity index (χ2n) is 3.32. The molecule has 0 aromatic carbocycles. The zero-order valence-electron chi connectivity index (χ0n) is 8.86. The Morgan fingerprint density at radius 2 is 2.43 bits per heavy atom. The SMILES string of the molecule is CCC(C)n1cc(C=O)c(COC)n1. The van der Waals surface area contributed by atoms with Crippen molar-refractivity contribution in [3.63, 3.8) is 0 Å². The summed E-state index contributed by atoms with van der Waals surface area (Å²) in [5.74, 6) is 0. The van der Waals surface area contributed by atoms with Gasteiger partial charge in [-0.15, -0.1) is 0 Å². The minimum Gasteiger partial charge on any atom is -0.378 e. The molecule has 0 spiro atoms. The molecule has 78 valence electrons. The molecule has 0 aliphatic heterocycles. The molecule has 0 saturated carbocycles. The Morgan fingerprint density at radius 3 is 2.93 bits per heavy atom. The number of methoxy groups -OCH3 is 1. The summed E-state index contributed by atoms with van der Waals surface area (Å²) in [6, 6.07) is 0.319. The van der Waals surface area contributed by atoms with E-state index in [2.05, 4.69) is 18.9 Å². The van der Waals surface area contributed by atoms with Crippen molar-refractivity contribution in [3.8, 4) is 0 Å². The number of ether oxygens (including phenoxy) is 1. The predicted octanol–water partition coefficient (Wildman–Crippen LogP) is 1.81. The monoisotopic (exact) mass is 196 g/mol. The van der Waals surface area contributed by atoms with Gasteiger partial charge in [0.05, 0.1) is 17.9 Å². The minimum absolute atomic E-state index is 0.319. The maximum atomic E-state index is 10.7. The Labute approximate surface area is 83.9 Å². The van der Waals surface area contributed by atoms with E-state index in [1.165, 1.54) is 0 Å². The van der Waals surface area contributed by atoms with Gasteiger partial charge in [-0.25, -0.2) is 0 Å². The smallest absolute Gasteiger partial charge is 0.153 e. The van der Waals surface area contributed by atoms with Crippen molar-refractivity contribution in [2.75, 3.05) is 7.11 Å². The van der Waals surface area contributed by atoms with Gasteiger partial charge >= 0.3 is 0 Å². The Balaban J connectivity index is 2.93. The Morgan fingerprint density at radius 1 is 1.71 bits per heavy atom. The Kier molecular flexibility index (Phi) is 3.83. The molecule has 1 atom stereocenters. The van der Waals surface area contributed by atoms with Crippen LogP contribution in [-0.2, 0) is 11.3 Å². The van der Waals surface area contributed by atoms with Gasteiger partial charge in [0.25, 0.3) is 0 Å². The van der Waals surface area contributed by atoms with Gasteiger partial charge < -0.3 is 4.74 Å². The summed E-state index contributed by atoms with van der Waals surface area (Å²) in [6.07, 6.45) is 3.59. The molecule has 1 aromatic rings. The average molecular weight is 196 g/mol. The molecule has 0 aliphatic rings. The molecule has 14 heavy (non-hydrogen) atoms. The maximum absolute atomic E-state index is 10.7. The molecule has 1 aromatic heterocycles. The highest BCUT2D eigenvalue weighted by molar-refractivity contribution is 5.75. The molecule has 1 rings (SSSR count). The summed E-state index contributed by atoms with van der Waals surface area (Å²) < 4.78 is 6.78. The van der Waals surface area contributed by atoms with Crippen LogP contribution in [0.25, 0.3) is 0 Å². The fraction of sp³-hybridized carbons (Fsp3) is 0.600. The van der Waals surface area contributed by atoms with Crippen molar-refractivity contribution in [1.29, 1.82) is 0 Å². The van der Waals surface area contributed by atoms with E-state index in [0.717, 1.165) is 12.7 Å². The van der Waals surface area contributed by atoms with E-state index in [-0.39, 0.29) is 0 Å². The fourth-order valence-corrected chi connectivity index (χ4v) is 1.20. The highest BCUT2D eigenvalue weighted by Gasteiger charge is 2.10. The van der Waals surface area contributed by atoms with Gasteiger partial charge in [-0.1, -0.05) is 6.92 Å². The first-order valence-corrected chi connectivity index (χ1v) is 4.75. The molecule has 0 N–H and O–H groups in total. The van der Waals surface area contributed by atoms with Crippen LogP contribution in [0, 0.1) is 0 Å². The lowest BCUT2D eigenvalue weighted by Gasteiger charge is -2.07. The highest BCUT2D eigenvalue weighted by atomic mass is 16.5. The van der Waals surface area contributed by atoms with Gasteiger partial charge in [-0.3, -0.25) is 9.48 Å². The lowest BCUT2D eigenvalue weighted by molar-refractivity contribution is 0.111. The molecule has 0 aliphatic carbocycles. The maximum Gasteiger partial charge on any atom is 0.153 e. The normalized spacial score (nSPS) is 12.8. The number of nitrogens with zero attached hydrogens (tertiary/aromatic N) is 2. The van der Waals surface area contributed by atoms with E-state index >= 15 is 0 Å². The van der Waals surface area contributed by atoms with E-state index in [0.29, 0.717) is 23.9 Å². The van der Waals surface area contributed by atoms with Crippen molar-refractivity contribution in [2.45, 2.75) is 32.9 Å². The summed E-state index contributed by atoms with van der Waals surface area (Å²) in [5, 5.41) is 4.30. The molecule has 0 fully saturated rings. The van der Waals surface area contributed by atoms with E-state index in [1.807, 2.05) is 4.68 Å². The van der Waals surface area contributed by atoms with Crippen LogP contribution in [0.1, 0.15) is 42.4 Å². The van der Waals surface area contributed by atoms with Crippen molar-refractivity contribution >= 4 is 6.29 Å². The van der Waals surface area contributed by atoms with Crippen LogP contribution in [0.15, 0.2) is 6.20 Å². The van der Waals surface area contributed by atoms with Crippen LogP contribution in [0.2, 0.25) is 0 Å². The van der Waals surface area contributed by atoms with Crippen LogP contribution >= 0.6 is 0 Å². The average Bonchev–Trinajstić information content (AvgIpc) is 2.60. The van der Waals surface area contributed by atoms with Crippen LogP contribution in [-0.4, -0.2) is 23.2 Å². The van der Waals surface area contributed by atoms with Gasteiger partial charge in [0.1, 0.15) is 0 Å². The second-order valence-corrected chi connectivity index (χ2v) is 3.32. The third-order valence-corrected chi connectivity index (χ3v) is 2.29. The fourth-order valence-electron chi connectivity index (χ4n) is 1.20. The number of carbonyl (C=O) groups is 1. The summed E-state index contributed by atoms with van der Waals surface area (Å²) in [5.41, 5.74) is 1.33. The van der Waals surface area contributed by atoms with Gasteiger partial charge in [0.2, 0.25) is 0 Å². The lowest BCUT2D eigenvalue weighted by atomic mass is 10.2. The van der Waals surface area contributed by atoms with E-state index in [4.69, 9.17) is 4.74 Å². The zero-order chi connectivity index (χ0) is 10.6. The molecule has 0 radical (unpaired) electrons. The third-order valence-electron chi connectivity index (χ3n) is 2.29. The van der Waals surface area contributed by atoms with Crippen LogP contribution in [0.5, 0.6) is 0 Å².